The molecule has 0 aliphatic carbocycles. The van der Waals surface area contributed by atoms with Gasteiger partial charge >= 0.3 is 6.18 Å². The minimum atomic E-state index is -4.66. The Bertz CT molecular complexity index is 284. The Kier molecular flexibility index (Phi) is 3.33. The number of amidine groups is 2. The molecule has 1 fully saturated rings. The third kappa shape index (κ3) is 3.19. The maximum absolute atomic E-state index is 12.1. The van der Waals surface area contributed by atoms with Gasteiger partial charge in [0.1, 0.15) is 5.84 Å². The van der Waals surface area contributed by atoms with Crippen LogP contribution in [0, 0.1) is 5.41 Å². The first-order valence-corrected chi connectivity index (χ1v) is 4.43. The quantitative estimate of drug-likeness (QED) is 0.486. The summed E-state index contributed by atoms with van der Waals surface area (Å²) in [5.74, 6) is -1.26. The number of halogens is 3. The average molecular weight is 222 g/mol. The number of alkyl halides is 3. The molecule has 1 rings (SSSR count). The van der Waals surface area contributed by atoms with Crippen LogP contribution in [0.25, 0.3) is 0 Å². The van der Waals surface area contributed by atoms with Crippen molar-refractivity contribution >= 4 is 11.7 Å². The zero-order valence-electron chi connectivity index (χ0n) is 8.60. The predicted octanol–water partition coefficient (Wildman–Crippen LogP) is 0.802. The van der Waals surface area contributed by atoms with Crippen molar-refractivity contribution in [3.05, 3.63) is 0 Å². The maximum atomic E-state index is 12.1. The van der Waals surface area contributed by atoms with Gasteiger partial charge in [0, 0.05) is 20.1 Å². The molecule has 15 heavy (non-hydrogen) atoms. The molecule has 0 atom stereocenters. The number of nitrogens with zero attached hydrogens (tertiary/aromatic N) is 3. The van der Waals surface area contributed by atoms with E-state index >= 15 is 0 Å². The smallest absolute Gasteiger partial charge is 0.361 e. The third-order valence-electron chi connectivity index (χ3n) is 2.18. The van der Waals surface area contributed by atoms with Crippen LogP contribution in [-0.2, 0) is 0 Å². The highest BCUT2D eigenvalue weighted by Crippen LogP contribution is 2.17. The first kappa shape index (κ1) is 12.0. The second-order valence-corrected chi connectivity index (χ2v) is 3.53. The van der Waals surface area contributed by atoms with E-state index in [0.717, 1.165) is 6.54 Å². The highest BCUT2D eigenvalue weighted by molar-refractivity contribution is 5.99. The van der Waals surface area contributed by atoms with Crippen molar-refractivity contribution in [2.24, 2.45) is 4.99 Å². The molecule has 0 radical (unpaired) electrons. The summed E-state index contributed by atoms with van der Waals surface area (Å²) in [6.45, 7) is 1.75. The Labute approximate surface area is 85.9 Å². The topological polar surface area (TPSA) is 42.7 Å². The molecular formula is C8H13F3N4. The molecule has 0 aromatic rings. The zero-order chi connectivity index (χ0) is 11.6. The summed E-state index contributed by atoms with van der Waals surface area (Å²) in [5.41, 5.74) is 0. The SMILES string of the molecule is CN1CCN(C)C(=NC(=N)C(F)(F)F)C1. The maximum Gasteiger partial charge on any atom is 0.450 e. The van der Waals surface area contributed by atoms with E-state index in [1.54, 1.807) is 19.0 Å². The number of piperazine rings is 1. The van der Waals surface area contributed by atoms with Gasteiger partial charge in [-0.05, 0) is 7.05 Å². The molecule has 0 unspecified atom stereocenters. The molecule has 7 heteroatoms. The normalized spacial score (nSPS) is 22.2. The monoisotopic (exact) mass is 222 g/mol. The van der Waals surface area contributed by atoms with Gasteiger partial charge in [0.05, 0.1) is 6.54 Å². The lowest BCUT2D eigenvalue weighted by molar-refractivity contribution is -0.0605. The number of hydrogen-bond acceptors (Lipinski definition) is 2. The van der Waals surface area contributed by atoms with Crippen molar-refractivity contribution in [1.29, 1.82) is 5.41 Å². The summed E-state index contributed by atoms with van der Waals surface area (Å²) in [7, 11) is 3.48. The Morgan fingerprint density at radius 2 is 1.93 bits per heavy atom. The van der Waals surface area contributed by atoms with Crippen LogP contribution >= 0.6 is 0 Å². The van der Waals surface area contributed by atoms with Crippen LogP contribution in [0.4, 0.5) is 13.2 Å². The highest BCUT2D eigenvalue weighted by Gasteiger charge is 2.35. The fraction of sp³-hybridized carbons (Fsp3) is 0.750. The largest absolute Gasteiger partial charge is 0.450 e. The first-order chi connectivity index (χ1) is 6.80. The van der Waals surface area contributed by atoms with E-state index in [1.165, 1.54) is 0 Å². The average Bonchev–Trinajstić information content (AvgIpc) is 2.09. The second-order valence-electron chi connectivity index (χ2n) is 3.53. The van der Waals surface area contributed by atoms with Gasteiger partial charge in [-0.1, -0.05) is 0 Å². The molecule has 0 spiro atoms. The minimum absolute atomic E-state index is 0.283. The summed E-state index contributed by atoms with van der Waals surface area (Å²) < 4.78 is 36.2. The molecule has 1 N–H and O–H groups in total. The minimum Gasteiger partial charge on any atom is -0.361 e. The molecule has 4 nitrogen and oxygen atoms in total. The summed E-state index contributed by atoms with van der Waals surface area (Å²) in [4.78, 5) is 6.80. The number of likely N-dealkylation sites (N-methyl/N-ethyl adjacent to an activating group) is 2. The van der Waals surface area contributed by atoms with Crippen molar-refractivity contribution < 1.29 is 13.2 Å². The molecule has 0 aromatic heterocycles. The Morgan fingerprint density at radius 3 is 2.47 bits per heavy atom. The summed E-state index contributed by atoms with van der Waals surface area (Å²) >= 11 is 0. The van der Waals surface area contributed by atoms with Gasteiger partial charge in [0.2, 0.25) is 5.84 Å². The van der Waals surface area contributed by atoms with E-state index < -0.39 is 12.0 Å². The Balaban J connectivity index is 2.77. The first-order valence-electron chi connectivity index (χ1n) is 4.43. The van der Waals surface area contributed by atoms with Crippen molar-refractivity contribution in [3.63, 3.8) is 0 Å². The van der Waals surface area contributed by atoms with Crippen LogP contribution in [0.15, 0.2) is 4.99 Å². The number of hydrogen-bond donors (Lipinski definition) is 1. The summed E-state index contributed by atoms with van der Waals surface area (Å²) in [5, 5.41) is 6.77. The van der Waals surface area contributed by atoms with E-state index in [-0.39, 0.29) is 5.84 Å². The van der Waals surface area contributed by atoms with Crippen molar-refractivity contribution in [1.82, 2.24) is 9.80 Å². The molecule has 1 aliphatic rings. The van der Waals surface area contributed by atoms with Gasteiger partial charge in [-0.15, -0.1) is 0 Å². The van der Waals surface area contributed by atoms with Crippen molar-refractivity contribution in [2.45, 2.75) is 6.18 Å². The molecule has 1 aliphatic heterocycles. The fourth-order valence-corrected chi connectivity index (χ4v) is 1.20. The van der Waals surface area contributed by atoms with E-state index in [4.69, 9.17) is 5.41 Å². The van der Waals surface area contributed by atoms with Gasteiger partial charge in [0.15, 0.2) is 0 Å². The summed E-state index contributed by atoms with van der Waals surface area (Å²) in [6, 6.07) is 0. The van der Waals surface area contributed by atoms with Gasteiger partial charge in [0.25, 0.3) is 0 Å². The molecule has 0 amide bonds. The summed E-state index contributed by atoms with van der Waals surface area (Å²) in [6.07, 6.45) is -4.66. The van der Waals surface area contributed by atoms with Gasteiger partial charge in [-0.2, -0.15) is 13.2 Å². The Morgan fingerprint density at radius 1 is 1.33 bits per heavy atom. The van der Waals surface area contributed by atoms with E-state index in [0.29, 0.717) is 13.1 Å². The standard InChI is InChI=1S/C8H13F3N4/c1-14-3-4-15(2)6(5-14)13-7(12)8(9,10)11/h12H,3-5H2,1-2H3. The van der Waals surface area contributed by atoms with Crippen LogP contribution < -0.4 is 0 Å². The Hall–Kier alpha value is -1.11. The highest BCUT2D eigenvalue weighted by atomic mass is 19.4. The lowest BCUT2D eigenvalue weighted by atomic mass is 10.3. The molecule has 1 saturated heterocycles. The molecule has 1 heterocycles. The number of rotatable bonds is 0. The molecule has 86 valence electrons. The lowest BCUT2D eigenvalue weighted by Gasteiger charge is -2.32. The van der Waals surface area contributed by atoms with Gasteiger partial charge in [-0.25, -0.2) is 4.99 Å². The van der Waals surface area contributed by atoms with Crippen molar-refractivity contribution in [3.8, 4) is 0 Å². The van der Waals surface area contributed by atoms with Gasteiger partial charge in [-0.3, -0.25) is 10.3 Å². The van der Waals surface area contributed by atoms with Crippen LogP contribution in [0.2, 0.25) is 0 Å². The lowest BCUT2D eigenvalue weighted by Crippen LogP contribution is -2.47. The van der Waals surface area contributed by atoms with Crippen LogP contribution in [0.5, 0.6) is 0 Å². The van der Waals surface area contributed by atoms with E-state index in [1.807, 2.05) is 4.90 Å². The number of aliphatic imine (C=N–C) groups is 1. The van der Waals surface area contributed by atoms with Gasteiger partial charge < -0.3 is 4.90 Å². The third-order valence-corrected chi connectivity index (χ3v) is 2.18. The predicted molar refractivity (Wildman–Crippen MR) is 51.3 cm³/mol. The van der Waals surface area contributed by atoms with E-state index in [2.05, 4.69) is 4.99 Å². The van der Waals surface area contributed by atoms with Crippen LogP contribution in [0.1, 0.15) is 0 Å². The fourth-order valence-electron chi connectivity index (χ4n) is 1.20. The zero-order valence-corrected chi connectivity index (χ0v) is 8.60. The van der Waals surface area contributed by atoms with Crippen LogP contribution in [-0.4, -0.2) is 61.4 Å². The molecule has 0 aromatic carbocycles. The second kappa shape index (κ2) is 4.18. The molecular weight excluding hydrogens is 209 g/mol. The van der Waals surface area contributed by atoms with Crippen molar-refractivity contribution in [2.75, 3.05) is 33.7 Å². The number of nitrogens with one attached hydrogen (secondary N) is 1. The van der Waals surface area contributed by atoms with E-state index in [9.17, 15) is 13.2 Å². The molecule has 0 bridgehead atoms. The van der Waals surface area contributed by atoms with Crippen LogP contribution in [0.3, 0.4) is 0 Å². The molecule has 0 saturated carbocycles.